The second kappa shape index (κ2) is 6.17. The van der Waals surface area contributed by atoms with Gasteiger partial charge >= 0.3 is 5.97 Å². The van der Waals surface area contributed by atoms with Gasteiger partial charge in [0.15, 0.2) is 0 Å². The average molecular weight is 255 g/mol. The molecule has 0 aliphatic carbocycles. The lowest BCUT2D eigenvalue weighted by atomic mass is 10.1. The number of rotatable bonds is 6. The summed E-state index contributed by atoms with van der Waals surface area (Å²) in [5.74, 6) is -0.191. The first-order chi connectivity index (χ1) is 7.93. The first kappa shape index (κ1) is 14.2. The molecule has 0 saturated heterocycles. The second-order valence-corrected chi connectivity index (χ2v) is 5.98. The minimum atomic E-state index is -0.823. The lowest BCUT2D eigenvalue weighted by Gasteiger charge is -2.22. The van der Waals surface area contributed by atoms with Gasteiger partial charge < -0.3 is 5.11 Å². The first-order valence-corrected chi connectivity index (χ1v) is 6.80. The molecule has 96 valence electrons. The molecule has 0 spiro atoms. The summed E-state index contributed by atoms with van der Waals surface area (Å²) in [4.78, 5) is 14.8. The van der Waals surface area contributed by atoms with Crippen molar-refractivity contribution < 1.29 is 9.90 Å². The zero-order valence-corrected chi connectivity index (χ0v) is 11.8. The normalized spacial score (nSPS) is 11.4. The Bertz CT molecular complexity index is 385. The number of aryl methyl sites for hydroxylation is 1. The van der Waals surface area contributed by atoms with Gasteiger partial charge in [-0.3, -0.25) is 4.90 Å². The Labute approximate surface area is 107 Å². The van der Waals surface area contributed by atoms with Gasteiger partial charge in [-0.2, -0.15) is 0 Å². The van der Waals surface area contributed by atoms with Crippen LogP contribution in [-0.4, -0.2) is 29.1 Å². The highest BCUT2D eigenvalue weighted by molar-refractivity contribution is 7.14. The molecule has 17 heavy (non-hydrogen) atoms. The SMILES string of the molecule is CCN(Cc1cc(C(=O)O)sc1C)CC(C)C. The molecule has 1 aromatic heterocycles. The van der Waals surface area contributed by atoms with Crippen LogP contribution in [0.25, 0.3) is 0 Å². The number of carboxylic acid groups (broad SMARTS) is 1. The summed E-state index contributed by atoms with van der Waals surface area (Å²) in [7, 11) is 0. The number of aromatic carboxylic acids is 1. The maximum Gasteiger partial charge on any atom is 0.345 e. The van der Waals surface area contributed by atoms with Gasteiger partial charge in [0.1, 0.15) is 4.88 Å². The highest BCUT2D eigenvalue weighted by Crippen LogP contribution is 2.23. The van der Waals surface area contributed by atoms with Gasteiger partial charge in [-0.15, -0.1) is 11.3 Å². The van der Waals surface area contributed by atoms with E-state index in [0.717, 1.165) is 30.1 Å². The van der Waals surface area contributed by atoms with Crippen LogP contribution >= 0.6 is 11.3 Å². The summed E-state index contributed by atoms with van der Waals surface area (Å²) >= 11 is 1.37. The van der Waals surface area contributed by atoms with Crippen LogP contribution in [0.5, 0.6) is 0 Å². The standard InChI is InChI=1S/C13H21NO2S/c1-5-14(7-9(2)3)8-11-6-12(13(15)16)17-10(11)4/h6,9H,5,7-8H2,1-4H3,(H,15,16). The molecule has 0 aliphatic heterocycles. The van der Waals surface area contributed by atoms with Crippen LogP contribution in [0.15, 0.2) is 6.07 Å². The fourth-order valence-electron chi connectivity index (χ4n) is 1.84. The van der Waals surface area contributed by atoms with Gasteiger partial charge in [-0.1, -0.05) is 20.8 Å². The Hall–Kier alpha value is -0.870. The summed E-state index contributed by atoms with van der Waals surface area (Å²) in [5, 5.41) is 8.96. The van der Waals surface area contributed by atoms with Crippen molar-refractivity contribution in [3.05, 3.63) is 21.4 Å². The molecule has 3 nitrogen and oxygen atoms in total. The van der Waals surface area contributed by atoms with Crippen molar-refractivity contribution in [3.63, 3.8) is 0 Å². The Kier molecular flexibility index (Phi) is 5.15. The van der Waals surface area contributed by atoms with Gasteiger partial charge in [-0.25, -0.2) is 4.79 Å². The number of hydrogen-bond acceptors (Lipinski definition) is 3. The van der Waals surface area contributed by atoms with E-state index in [1.165, 1.54) is 11.3 Å². The van der Waals surface area contributed by atoms with Crippen LogP contribution in [0.3, 0.4) is 0 Å². The van der Waals surface area contributed by atoms with Crippen LogP contribution < -0.4 is 0 Å². The molecule has 1 N–H and O–H groups in total. The maximum atomic E-state index is 10.9. The third kappa shape index (κ3) is 4.13. The average Bonchev–Trinajstić information content (AvgIpc) is 2.59. The molecular weight excluding hydrogens is 234 g/mol. The number of hydrogen-bond donors (Lipinski definition) is 1. The second-order valence-electron chi connectivity index (χ2n) is 4.72. The summed E-state index contributed by atoms with van der Waals surface area (Å²) in [5.41, 5.74) is 1.15. The summed E-state index contributed by atoms with van der Waals surface area (Å²) in [6.45, 7) is 11.4. The van der Waals surface area contributed by atoms with Crippen LogP contribution in [0.2, 0.25) is 0 Å². The Morgan fingerprint density at radius 1 is 1.53 bits per heavy atom. The zero-order chi connectivity index (χ0) is 13.0. The summed E-state index contributed by atoms with van der Waals surface area (Å²) in [6, 6.07) is 1.81. The zero-order valence-electron chi connectivity index (χ0n) is 11.0. The fourth-order valence-corrected chi connectivity index (χ4v) is 2.72. The van der Waals surface area contributed by atoms with Crippen molar-refractivity contribution in [2.75, 3.05) is 13.1 Å². The van der Waals surface area contributed by atoms with Crippen molar-refractivity contribution in [1.82, 2.24) is 4.90 Å². The maximum absolute atomic E-state index is 10.9. The topological polar surface area (TPSA) is 40.5 Å². The molecular formula is C13H21NO2S. The van der Waals surface area contributed by atoms with Gasteiger partial charge in [0.05, 0.1) is 0 Å². The Balaban J connectivity index is 2.75. The van der Waals surface area contributed by atoms with Crippen LogP contribution in [-0.2, 0) is 6.54 Å². The predicted octanol–water partition coefficient (Wildman–Crippen LogP) is 3.23. The highest BCUT2D eigenvalue weighted by Gasteiger charge is 2.13. The molecule has 0 aliphatic rings. The van der Waals surface area contributed by atoms with Crippen molar-refractivity contribution in [2.45, 2.75) is 34.2 Å². The monoisotopic (exact) mass is 255 g/mol. The number of carboxylic acids is 1. The molecule has 1 aromatic rings. The molecule has 0 amide bonds. The van der Waals surface area contributed by atoms with E-state index in [2.05, 4.69) is 25.7 Å². The van der Waals surface area contributed by atoms with E-state index in [9.17, 15) is 4.79 Å². The minimum Gasteiger partial charge on any atom is -0.477 e. The Morgan fingerprint density at radius 2 is 2.18 bits per heavy atom. The first-order valence-electron chi connectivity index (χ1n) is 5.99. The molecule has 0 saturated carbocycles. The van der Waals surface area contributed by atoms with Gasteiger partial charge in [0, 0.05) is 18.0 Å². The summed E-state index contributed by atoms with van der Waals surface area (Å²) < 4.78 is 0. The Morgan fingerprint density at radius 3 is 2.59 bits per heavy atom. The van der Waals surface area contributed by atoms with Gasteiger partial charge in [0.2, 0.25) is 0 Å². The highest BCUT2D eigenvalue weighted by atomic mass is 32.1. The van der Waals surface area contributed by atoms with E-state index in [4.69, 9.17) is 5.11 Å². The van der Waals surface area contributed by atoms with E-state index < -0.39 is 5.97 Å². The van der Waals surface area contributed by atoms with Gasteiger partial charge in [-0.05, 0) is 31.0 Å². The molecule has 1 rings (SSSR count). The van der Waals surface area contributed by atoms with Crippen LogP contribution in [0.4, 0.5) is 0 Å². The predicted molar refractivity (Wildman–Crippen MR) is 71.8 cm³/mol. The molecule has 1 heterocycles. The van der Waals surface area contributed by atoms with Gasteiger partial charge in [0.25, 0.3) is 0 Å². The molecule has 0 aromatic carbocycles. The van der Waals surface area contributed by atoms with Crippen molar-refractivity contribution in [2.24, 2.45) is 5.92 Å². The van der Waals surface area contributed by atoms with Crippen molar-refractivity contribution in [1.29, 1.82) is 0 Å². The fraction of sp³-hybridized carbons (Fsp3) is 0.615. The third-order valence-electron chi connectivity index (χ3n) is 2.70. The molecule has 0 radical (unpaired) electrons. The van der Waals surface area contributed by atoms with E-state index in [1.54, 1.807) is 0 Å². The largest absolute Gasteiger partial charge is 0.477 e. The van der Waals surface area contributed by atoms with Crippen LogP contribution in [0.1, 0.15) is 40.9 Å². The summed E-state index contributed by atoms with van der Waals surface area (Å²) in [6.07, 6.45) is 0. The quantitative estimate of drug-likeness (QED) is 0.848. The van der Waals surface area contributed by atoms with E-state index >= 15 is 0 Å². The number of thiophene rings is 1. The molecule has 0 bridgehead atoms. The number of carbonyl (C=O) groups is 1. The van der Waals surface area contributed by atoms with Crippen LogP contribution in [0, 0.1) is 12.8 Å². The lowest BCUT2D eigenvalue weighted by molar-refractivity contribution is 0.0702. The van der Waals surface area contributed by atoms with E-state index in [-0.39, 0.29) is 0 Å². The minimum absolute atomic E-state index is 0.443. The smallest absolute Gasteiger partial charge is 0.345 e. The molecule has 0 atom stereocenters. The number of nitrogens with zero attached hydrogens (tertiary/aromatic N) is 1. The molecule has 0 unspecified atom stereocenters. The third-order valence-corrected chi connectivity index (χ3v) is 3.78. The van der Waals surface area contributed by atoms with E-state index in [1.807, 2.05) is 13.0 Å². The van der Waals surface area contributed by atoms with Crippen molar-refractivity contribution >= 4 is 17.3 Å². The van der Waals surface area contributed by atoms with Crippen molar-refractivity contribution in [3.8, 4) is 0 Å². The lowest BCUT2D eigenvalue weighted by Crippen LogP contribution is -2.27. The molecule has 0 fully saturated rings. The van der Waals surface area contributed by atoms with E-state index in [0.29, 0.717) is 10.8 Å². The molecule has 4 heteroatoms.